The van der Waals surface area contributed by atoms with Gasteiger partial charge in [0, 0.05) is 32.8 Å². The van der Waals surface area contributed by atoms with E-state index in [9.17, 15) is 14.4 Å². The Bertz CT molecular complexity index is 553. The molecule has 2 saturated carbocycles. The molecule has 3 aliphatic rings. The Labute approximate surface area is 128 Å². The number of ether oxygens (including phenoxy) is 3. The topological polar surface area (TPSA) is 78.9 Å². The minimum absolute atomic E-state index is 0.101. The van der Waals surface area contributed by atoms with Crippen LogP contribution in [0.15, 0.2) is 12.2 Å². The zero-order valence-corrected chi connectivity index (χ0v) is 12.9. The summed E-state index contributed by atoms with van der Waals surface area (Å²) in [7, 11) is 1.43. The molecule has 6 nitrogen and oxygen atoms in total. The summed E-state index contributed by atoms with van der Waals surface area (Å²) < 4.78 is 16.0. The molecule has 0 aromatic heterocycles. The Morgan fingerprint density at radius 2 is 1.91 bits per heavy atom. The van der Waals surface area contributed by atoms with E-state index in [1.165, 1.54) is 21.0 Å². The molecule has 0 N–H and O–H groups in total. The van der Waals surface area contributed by atoms with Crippen molar-refractivity contribution in [1.29, 1.82) is 0 Å². The fraction of sp³-hybridized carbons (Fsp3) is 0.688. The Morgan fingerprint density at radius 1 is 1.23 bits per heavy atom. The maximum atomic E-state index is 13.0. The van der Waals surface area contributed by atoms with Gasteiger partial charge < -0.3 is 14.2 Å². The summed E-state index contributed by atoms with van der Waals surface area (Å²) in [5.74, 6) is -1.35. The van der Waals surface area contributed by atoms with Crippen LogP contribution in [0.4, 0.5) is 0 Å². The predicted molar refractivity (Wildman–Crippen MR) is 74.7 cm³/mol. The number of esters is 2. The molecule has 6 atom stereocenters. The molecule has 0 aromatic carbocycles. The van der Waals surface area contributed by atoms with Gasteiger partial charge in [0.25, 0.3) is 0 Å². The fourth-order valence-corrected chi connectivity index (χ4v) is 4.49. The van der Waals surface area contributed by atoms with Crippen molar-refractivity contribution in [2.24, 2.45) is 23.7 Å². The first-order valence-electron chi connectivity index (χ1n) is 7.49. The monoisotopic (exact) mass is 308 g/mol. The van der Waals surface area contributed by atoms with Gasteiger partial charge in [-0.15, -0.1) is 0 Å². The highest BCUT2D eigenvalue weighted by Crippen LogP contribution is 2.58. The number of fused-ring (bicyclic) bond motifs is 5. The third kappa shape index (κ3) is 2.00. The molecule has 0 amide bonds. The van der Waals surface area contributed by atoms with Crippen LogP contribution in [0.25, 0.3) is 0 Å². The third-order valence-corrected chi connectivity index (χ3v) is 5.03. The molecule has 0 radical (unpaired) electrons. The number of hydrogen-bond donors (Lipinski definition) is 0. The summed E-state index contributed by atoms with van der Waals surface area (Å²) >= 11 is 0. The number of carbonyl (C=O) groups is 3. The van der Waals surface area contributed by atoms with Gasteiger partial charge in [-0.2, -0.15) is 0 Å². The van der Waals surface area contributed by atoms with Gasteiger partial charge in [0.15, 0.2) is 11.9 Å². The van der Waals surface area contributed by atoms with Gasteiger partial charge in [0.2, 0.25) is 5.60 Å². The van der Waals surface area contributed by atoms with Crippen LogP contribution in [0.5, 0.6) is 0 Å². The second kappa shape index (κ2) is 5.19. The van der Waals surface area contributed by atoms with Crippen molar-refractivity contribution in [2.75, 3.05) is 13.7 Å². The Morgan fingerprint density at radius 3 is 2.50 bits per heavy atom. The van der Waals surface area contributed by atoms with Gasteiger partial charge in [0.1, 0.15) is 0 Å². The summed E-state index contributed by atoms with van der Waals surface area (Å²) in [6.07, 6.45) is 4.23. The molecular weight excluding hydrogens is 288 g/mol. The number of carbonyl (C=O) groups excluding carboxylic acids is 3. The van der Waals surface area contributed by atoms with Crippen molar-refractivity contribution in [2.45, 2.75) is 32.0 Å². The highest BCUT2D eigenvalue weighted by Gasteiger charge is 2.70. The molecule has 6 unspecified atom stereocenters. The quantitative estimate of drug-likeness (QED) is 0.567. The zero-order valence-electron chi connectivity index (χ0n) is 12.9. The molecule has 6 heteroatoms. The van der Waals surface area contributed by atoms with Gasteiger partial charge in [-0.25, -0.2) is 0 Å². The van der Waals surface area contributed by atoms with Crippen molar-refractivity contribution >= 4 is 17.7 Å². The molecule has 0 heterocycles. The molecule has 2 bridgehead atoms. The maximum Gasteiger partial charge on any atom is 0.303 e. The number of Topliss-reactive ketones (excluding diaryl/α,β-unsaturated/α-hetero) is 1. The largest absolute Gasteiger partial charge is 0.457 e. The van der Waals surface area contributed by atoms with Crippen LogP contribution >= 0.6 is 0 Å². The molecular formula is C16H20O6. The van der Waals surface area contributed by atoms with Gasteiger partial charge in [0.05, 0.1) is 6.61 Å². The lowest BCUT2D eigenvalue weighted by Crippen LogP contribution is -2.54. The minimum Gasteiger partial charge on any atom is -0.457 e. The molecule has 3 aliphatic carbocycles. The Hall–Kier alpha value is -1.69. The highest BCUT2D eigenvalue weighted by atomic mass is 16.6. The SMILES string of the molecule is COCC1(OC(C)=O)C(=O)C2C3C=CC(C3)C2C1OC(C)=O. The van der Waals surface area contributed by atoms with Crippen LogP contribution in [0.3, 0.4) is 0 Å². The second-order valence-corrected chi connectivity index (χ2v) is 6.36. The van der Waals surface area contributed by atoms with E-state index in [1.54, 1.807) is 0 Å². The molecule has 0 saturated heterocycles. The summed E-state index contributed by atoms with van der Waals surface area (Å²) in [6.45, 7) is 2.44. The van der Waals surface area contributed by atoms with Crippen molar-refractivity contribution in [1.82, 2.24) is 0 Å². The van der Waals surface area contributed by atoms with E-state index in [-0.39, 0.29) is 36.1 Å². The average Bonchev–Trinajstić information content (AvgIpc) is 3.07. The van der Waals surface area contributed by atoms with Crippen LogP contribution in [0, 0.1) is 23.7 Å². The van der Waals surface area contributed by atoms with E-state index in [4.69, 9.17) is 14.2 Å². The maximum absolute atomic E-state index is 13.0. The number of methoxy groups -OCH3 is 1. The minimum atomic E-state index is -1.52. The number of allylic oxidation sites excluding steroid dienone is 2. The van der Waals surface area contributed by atoms with Gasteiger partial charge in [-0.05, 0) is 18.3 Å². The number of rotatable bonds is 4. The van der Waals surface area contributed by atoms with Crippen LogP contribution in [-0.4, -0.2) is 43.1 Å². The summed E-state index contributed by atoms with van der Waals surface area (Å²) in [5.41, 5.74) is -1.52. The molecule has 0 spiro atoms. The standard InChI is InChI=1S/C16H20O6/c1-8(17)21-15-13-11-5-4-10(6-11)12(13)14(19)16(15,7-20-3)22-9(2)18/h4-5,10-13,15H,6-7H2,1-3H3. The first-order chi connectivity index (χ1) is 10.4. The molecule has 120 valence electrons. The zero-order chi connectivity index (χ0) is 16.1. The van der Waals surface area contributed by atoms with E-state index in [1.807, 2.05) is 6.08 Å². The normalized spacial score (nSPS) is 41.6. The van der Waals surface area contributed by atoms with E-state index >= 15 is 0 Å². The second-order valence-electron chi connectivity index (χ2n) is 6.36. The lowest BCUT2D eigenvalue weighted by molar-refractivity contribution is -0.193. The van der Waals surface area contributed by atoms with Gasteiger partial charge >= 0.3 is 11.9 Å². The van der Waals surface area contributed by atoms with E-state index in [0.717, 1.165) is 6.42 Å². The predicted octanol–water partition coefficient (Wildman–Crippen LogP) is 0.887. The van der Waals surface area contributed by atoms with Crippen molar-refractivity contribution in [3.8, 4) is 0 Å². The van der Waals surface area contributed by atoms with Crippen molar-refractivity contribution < 1.29 is 28.6 Å². The van der Waals surface area contributed by atoms with E-state index in [2.05, 4.69) is 6.08 Å². The number of ketones is 1. The average molecular weight is 308 g/mol. The van der Waals surface area contributed by atoms with Crippen molar-refractivity contribution in [3.05, 3.63) is 12.2 Å². The van der Waals surface area contributed by atoms with Crippen LogP contribution < -0.4 is 0 Å². The third-order valence-electron chi connectivity index (χ3n) is 5.03. The molecule has 3 rings (SSSR count). The molecule has 0 aromatic rings. The van der Waals surface area contributed by atoms with Gasteiger partial charge in [-0.1, -0.05) is 12.2 Å². The summed E-state index contributed by atoms with van der Waals surface area (Å²) in [6, 6.07) is 0. The lowest BCUT2D eigenvalue weighted by Gasteiger charge is -2.34. The first-order valence-corrected chi connectivity index (χ1v) is 7.49. The molecule has 0 aliphatic heterocycles. The van der Waals surface area contributed by atoms with Gasteiger partial charge in [-0.3, -0.25) is 14.4 Å². The van der Waals surface area contributed by atoms with E-state index in [0.29, 0.717) is 0 Å². The Balaban J connectivity index is 2.04. The first kappa shape index (κ1) is 15.2. The van der Waals surface area contributed by atoms with Crippen molar-refractivity contribution in [3.63, 3.8) is 0 Å². The van der Waals surface area contributed by atoms with E-state index < -0.39 is 23.6 Å². The molecule has 22 heavy (non-hydrogen) atoms. The van der Waals surface area contributed by atoms with Crippen LogP contribution in [-0.2, 0) is 28.6 Å². The highest BCUT2D eigenvalue weighted by molar-refractivity contribution is 5.96. The lowest BCUT2D eigenvalue weighted by atomic mass is 9.84. The summed E-state index contributed by atoms with van der Waals surface area (Å²) in [5, 5.41) is 0. The fourth-order valence-electron chi connectivity index (χ4n) is 4.49. The molecule has 2 fully saturated rings. The van der Waals surface area contributed by atoms with Crippen LogP contribution in [0.1, 0.15) is 20.3 Å². The van der Waals surface area contributed by atoms with Crippen LogP contribution in [0.2, 0.25) is 0 Å². The Kier molecular flexibility index (Phi) is 3.59. The smallest absolute Gasteiger partial charge is 0.303 e. The number of hydrogen-bond acceptors (Lipinski definition) is 6. The summed E-state index contributed by atoms with van der Waals surface area (Å²) in [4.78, 5) is 36.1.